The number of hydrogen-bond acceptors (Lipinski definition) is 4. The van der Waals surface area contributed by atoms with E-state index in [1.807, 2.05) is 0 Å². The molecule has 0 spiro atoms. The summed E-state index contributed by atoms with van der Waals surface area (Å²) >= 11 is 5.85. The minimum atomic E-state index is -0.592. The van der Waals surface area contributed by atoms with Crippen LogP contribution in [-0.2, 0) is 20.7 Å². The first-order valence-corrected chi connectivity index (χ1v) is 9.89. The Hall–Kier alpha value is -3.06. The number of amides is 3. The van der Waals surface area contributed by atoms with Crippen molar-refractivity contribution < 1.29 is 19.1 Å². The van der Waals surface area contributed by atoms with Crippen molar-refractivity contribution >= 4 is 40.9 Å². The van der Waals surface area contributed by atoms with E-state index >= 15 is 0 Å². The number of carbonyl (C=O) groups excluding carboxylic acids is 3. The van der Waals surface area contributed by atoms with Crippen LogP contribution in [0.2, 0.25) is 5.02 Å². The lowest BCUT2D eigenvalue weighted by Crippen LogP contribution is -2.34. The minimum absolute atomic E-state index is 0.0897. The molecule has 0 atom stereocenters. The van der Waals surface area contributed by atoms with Gasteiger partial charge in [-0.1, -0.05) is 29.8 Å². The molecule has 2 rings (SSSR count). The molecule has 0 bridgehead atoms. The summed E-state index contributed by atoms with van der Waals surface area (Å²) in [6, 6.07) is 13.9. The van der Waals surface area contributed by atoms with Gasteiger partial charge in [0, 0.05) is 29.4 Å². The second kappa shape index (κ2) is 10.6. The third kappa shape index (κ3) is 8.96. The zero-order valence-corrected chi connectivity index (χ0v) is 18.0. The maximum atomic E-state index is 12.2. The molecule has 0 fully saturated rings. The van der Waals surface area contributed by atoms with Gasteiger partial charge in [0.2, 0.25) is 11.8 Å². The number of nitrogens with one attached hydrogen (secondary N) is 3. The van der Waals surface area contributed by atoms with Crippen LogP contribution in [0, 0.1) is 0 Å². The predicted molar refractivity (Wildman–Crippen MR) is 118 cm³/mol. The van der Waals surface area contributed by atoms with E-state index < -0.39 is 11.7 Å². The van der Waals surface area contributed by atoms with Crippen molar-refractivity contribution in [2.45, 2.75) is 39.2 Å². The predicted octanol–water partition coefficient (Wildman–Crippen LogP) is 4.37. The Kier molecular flexibility index (Phi) is 8.24. The summed E-state index contributed by atoms with van der Waals surface area (Å²) in [5, 5.41) is 8.69. The molecule has 3 amide bonds. The van der Waals surface area contributed by atoms with E-state index in [1.54, 1.807) is 69.3 Å². The third-order valence-corrected chi connectivity index (χ3v) is 3.98. The molecule has 0 aromatic heterocycles. The lowest BCUT2D eigenvalue weighted by molar-refractivity contribution is -0.116. The number of ether oxygens (including phenoxy) is 1. The summed E-state index contributed by atoms with van der Waals surface area (Å²) in [7, 11) is 0. The summed E-state index contributed by atoms with van der Waals surface area (Å²) in [4.78, 5) is 35.9. The van der Waals surface area contributed by atoms with Gasteiger partial charge in [-0.2, -0.15) is 0 Å². The van der Waals surface area contributed by atoms with Gasteiger partial charge < -0.3 is 20.7 Å². The van der Waals surface area contributed by atoms with Crippen molar-refractivity contribution in [1.29, 1.82) is 0 Å². The summed E-state index contributed by atoms with van der Waals surface area (Å²) in [5.41, 5.74) is 1.36. The molecule has 0 aliphatic carbocycles. The molecule has 0 unspecified atom stereocenters. The minimum Gasteiger partial charge on any atom is -0.444 e. The monoisotopic (exact) mass is 431 g/mol. The smallest absolute Gasteiger partial charge is 0.407 e. The average molecular weight is 432 g/mol. The topological polar surface area (TPSA) is 96.5 Å². The summed E-state index contributed by atoms with van der Waals surface area (Å²) in [6.07, 6.45) is -0.267. The van der Waals surface area contributed by atoms with E-state index in [-0.39, 0.29) is 31.2 Å². The van der Waals surface area contributed by atoms with Gasteiger partial charge in [-0.3, -0.25) is 9.59 Å². The van der Waals surface area contributed by atoms with Gasteiger partial charge >= 0.3 is 6.09 Å². The molecule has 0 saturated carbocycles. The van der Waals surface area contributed by atoms with Crippen molar-refractivity contribution in [3.63, 3.8) is 0 Å². The van der Waals surface area contributed by atoms with Crippen LogP contribution in [0.5, 0.6) is 0 Å². The maximum Gasteiger partial charge on any atom is 0.407 e. The molecule has 2 aromatic rings. The molecule has 0 heterocycles. The van der Waals surface area contributed by atoms with Crippen molar-refractivity contribution in [2.75, 3.05) is 17.2 Å². The molecule has 2 aromatic carbocycles. The zero-order chi connectivity index (χ0) is 22.1. The van der Waals surface area contributed by atoms with E-state index in [0.29, 0.717) is 16.4 Å². The van der Waals surface area contributed by atoms with Gasteiger partial charge in [0.25, 0.3) is 0 Å². The SMILES string of the molecule is CC(C)(C)OC(=O)NCCC(=O)Nc1cccc(NC(=O)Cc2ccc(Cl)cc2)c1. The molecule has 0 saturated heterocycles. The first-order chi connectivity index (χ1) is 14.1. The Labute approximate surface area is 181 Å². The quantitative estimate of drug-likeness (QED) is 0.606. The fraction of sp³-hybridized carbons (Fsp3) is 0.318. The summed E-state index contributed by atoms with van der Waals surface area (Å²) in [5.74, 6) is -0.446. The van der Waals surface area contributed by atoms with Crippen molar-refractivity contribution in [2.24, 2.45) is 0 Å². The zero-order valence-electron chi connectivity index (χ0n) is 17.3. The highest BCUT2D eigenvalue weighted by atomic mass is 35.5. The normalized spacial score (nSPS) is 10.8. The van der Waals surface area contributed by atoms with Crippen LogP contribution in [0.1, 0.15) is 32.8 Å². The van der Waals surface area contributed by atoms with E-state index in [9.17, 15) is 14.4 Å². The van der Waals surface area contributed by atoms with Gasteiger partial charge in [0.05, 0.1) is 6.42 Å². The van der Waals surface area contributed by atoms with Crippen molar-refractivity contribution in [1.82, 2.24) is 5.32 Å². The lowest BCUT2D eigenvalue weighted by atomic mass is 10.1. The van der Waals surface area contributed by atoms with Crippen molar-refractivity contribution in [3.8, 4) is 0 Å². The second-order valence-electron chi connectivity index (χ2n) is 7.66. The highest BCUT2D eigenvalue weighted by Crippen LogP contribution is 2.16. The number of carbonyl (C=O) groups is 3. The maximum absolute atomic E-state index is 12.2. The Morgan fingerprint density at radius 3 is 2.13 bits per heavy atom. The van der Waals surface area contributed by atoms with Crippen LogP contribution in [0.15, 0.2) is 48.5 Å². The first kappa shape index (κ1) is 23.2. The van der Waals surface area contributed by atoms with Gasteiger partial charge in [-0.15, -0.1) is 0 Å². The molecule has 160 valence electrons. The van der Waals surface area contributed by atoms with E-state index in [1.165, 1.54) is 0 Å². The van der Waals surface area contributed by atoms with Crippen LogP contribution in [0.25, 0.3) is 0 Å². The Morgan fingerprint density at radius 1 is 0.933 bits per heavy atom. The molecule has 30 heavy (non-hydrogen) atoms. The Balaban J connectivity index is 1.80. The number of halogens is 1. The number of benzene rings is 2. The fourth-order valence-electron chi connectivity index (χ4n) is 2.48. The Morgan fingerprint density at radius 2 is 1.53 bits per heavy atom. The van der Waals surface area contributed by atoms with Crippen LogP contribution < -0.4 is 16.0 Å². The van der Waals surface area contributed by atoms with Gasteiger partial charge in [0.1, 0.15) is 5.60 Å². The Bertz CT molecular complexity index is 892. The molecule has 8 heteroatoms. The highest BCUT2D eigenvalue weighted by Gasteiger charge is 2.16. The molecule has 0 radical (unpaired) electrons. The standard InChI is InChI=1S/C22H26ClN3O4/c1-22(2,3)30-21(29)24-12-11-19(27)25-17-5-4-6-18(14-17)26-20(28)13-15-7-9-16(23)10-8-15/h4-10,14H,11-13H2,1-3H3,(H,24,29)(H,25,27)(H,26,28). The van der Waals surface area contributed by atoms with E-state index in [4.69, 9.17) is 16.3 Å². The van der Waals surface area contributed by atoms with E-state index in [2.05, 4.69) is 16.0 Å². The first-order valence-electron chi connectivity index (χ1n) is 9.52. The highest BCUT2D eigenvalue weighted by molar-refractivity contribution is 6.30. The van der Waals surface area contributed by atoms with Crippen LogP contribution in [0.3, 0.4) is 0 Å². The number of anilines is 2. The number of hydrogen-bond donors (Lipinski definition) is 3. The number of rotatable bonds is 7. The number of alkyl carbamates (subject to hydrolysis) is 1. The molecule has 0 aliphatic heterocycles. The fourth-order valence-corrected chi connectivity index (χ4v) is 2.61. The van der Waals surface area contributed by atoms with Crippen molar-refractivity contribution in [3.05, 3.63) is 59.1 Å². The van der Waals surface area contributed by atoms with Crippen LogP contribution >= 0.6 is 11.6 Å². The molecular formula is C22H26ClN3O4. The van der Waals surface area contributed by atoms with Gasteiger partial charge in [-0.25, -0.2) is 4.79 Å². The van der Waals surface area contributed by atoms with Gasteiger partial charge in [0.15, 0.2) is 0 Å². The van der Waals surface area contributed by atoms with E-state index in [0.717, 1.165) is 5.56 Å². The van der Waals surface area contributed by atoms with Crippen LogP contribution in [0.4, 0.5) is 16.2 Å². The molecular weight excluding hydrogens is 406 g/mol. The molecule has 7 nitrogen and oxygen atoms in total. The summed E-state index contributed by atoms with van der Waals surface area (Å²) < 4.78 is 5.11. The third-order valence-electron chi connectivity index (χ3n) is 3.73. The average Bonchev–Trinajstić information content (AvgIpc) is 2.62. The largest absolute Gasteiger partial charge is 0.444 e. The lowest BCUT2D eigenvalue weighted by Gasteiger charge is -2.19. The van der Waals surface area contributed by atoms with Gasteiger partial charge in [-0.05, 0) is 56.7 Å². The summed E-state index contributed by atoms with van der Waals surface area (Å²) in [6.45, 7) is 5.44. The molecule has 3 N–H and O–H groups in total. The second-order valence-corrected chi connectivity index (χ2v) is 8.10. The van der Waals surface area contributed by atoms with Crippen LogP contribution in [-0.4, -0.2) is 30.1 Å². The molecule has 0 aliphatic rings.